The molecule has 5 nitrogen and oxygen atoms in total. The molecule has 0 aromatic heterocycles. The summed E-state index contributed by atoms with van der Waals surface area (Å²) in [4.78, 5) is 10.8. The number of halogens is 1. The predicted molar refractivity (Wildman–Crippen MR) is 120 cm³/mol. The largest absolute Gasteiger partial charge is 0.492 e. The molecular weight excluding hydrogens is 393 g/mol. The van der Waals surface area contributed by atoms with E-state index in [1.807, 2.05) is 6.07 Å². The van der Waals surface area contributed by atoms with Gasteiger partial charge in [-0.1, -0.05) is 47.1 Å². The minimum absolute atomic E-state index is 0.0144. The van der Waals surface area contributed by atoms with Crippen LogP contribution < -0.4 is 4.74 Å². The van der Waals surface area contributed by atoms with Gasteiger partial charge >= 0.3 is 0 Å². The SMILES string of the molecule is C/C(=C\c1ccccc1)CN1CCN(CC2ON=C3c4ccc(F)cc4OCC32)CC1. The molecule has 0 amide bonds. The second-order valence-electron chi connectivity index (χ2n) is 8.66. The highest BCUT2D eigenvalue weighted by atomic mass is 19.1. The molecule has 1 saturated heterocycles. The highest BCUT2D eigenvalue weighted by Crippen LogP contribution is 2.34. The van der Waals surface area contributed by atoms with Crippen molar-refractivity contribution in [3.8, 4) is 5.75 Å². The molecule has 2 atom stereocenters. The van der Waals surface area contributed by atoms with Crippen LogP contribution in [0.1, 0.15) is 18.1 Å². The Morgan fingerprint density at radius 2 is 1.87 bits per heavy atom. The summed E-state index contributed by atoms with van der Waals surface area (Å²) in [5.74, 6) is 0.374. The topological polar surface area (TPSA) is 37.3 Å². The van der Waals surface area contributed by atoms with Gasteiger partial charge in [0.15, 0.2) is 6.10 Å². The zero-order valence-corrected chi connectivity index (χ0v) is 17.8. The maximum atomic E-state index is 13.5. The first-order valence-electron chi connectivity index (χ1n) is 11.0. The molecule has 2 aromatic carbocycles. The van der Waals surface area contributed by atoms with Crippen LogP contribution in [0.2, 0.25) is 0 Å². The minimum Gasteiger partial charge on any atom is -0.492 e. The summed E-state index contributed by atoms with van der Waals surface area (Å²) in [6, 6.07) is 15.1. The summed E-state index contributed by atoms with van der Waals surface area (Å²) in [7, 11) is 0. The quantitative estimate of drug-likeness (QED) is 0.739. The molecule has 3 aliphatic heterocycles. The van der Waals surface area contributed by atoms with Crippen molar-refractivity contribution in [2.45, 2.75) is 13.0 Å². The van der Waals surface area contributed by atoms with E-state index >= 15 is 0 Å². The second kappa shape index (κ2) is 8.81. The molecule has 0 bridgehead atoms. The van der Waals surface area contributed by atoms with Crippen LogP contribution in [0.4, 0.5) is 4.39 Å². The van der Waals surface area contributed by atoms with E-state index in [4.69, 9.17) is 9.57 Å². The summed E-state index contributed by atoms with van der Waals surface area (Å²) >= 11 is 0. The molecule has 3 aliphatic rings. The first-order valence-corrected chi connectivity index (χ1v) is 11.0. The Kier molecular flexibility index (Phi) is 5.74. The first-order chi connectivity index (χ1) is 15.2. The van der Waals surface area contributed by atoms with E-state index in [0.29, 0.717) is 12.4 Å². The number of benzene rings is 2. The Bertz CT molecular complexity index is 984. The summed E-state index contributed by atoms with van der Waals surface area (Å²) in [6.07, 6.45) is 2.25. The third-order valence-electron chi connectivity index (χ3n) is 6.31. The molecule has 31 heavy (non-hydrogen) atoms. The lowest BCUT2D eigenvalue weighted by Crippen LogP contribution is -2.50. The normalized spacial score (nSPS) is 24.1. The van der Waals surface area contributed by atoms with E-state index < -0.39 is 0 Å². The highest BCUT2D eigenvalue weighted by Gasteiger charge is 2.40. The summed E-state index contributed by atoms with van der Waals surface area (Å²) < 4.78 is 19.3. The second-order valence-corrected chi connectivity index (χ2v) is 8.66. The van der Waals surface area contributed by atoms with Crippen LogP contribution in [0.25, 0.3) is 6.08 Å². The fourth-order valence-electron chi connectivity index (χ4n) is 4.66. The number of ether oxygens (including phenoxy) is 1. The van der Waals surface area contributed by atoms with Gasteiger partial charge in [0.1, 0.15) is 23.9 Å². The molecule has 6 heteroatoms. The molecule has 1 fully saturated rings. The average Bonchev–Trinajstić information content (AvgIpc) is 3.18. The van der Waals surface area contributed by atoms with Crippen LogP contribution in [0.3, 0.4) is 0 Å². The summed E-state index contributed by atoms with van der Waals surface area (Å²) in [5.41, 5.74) is 4.38. The third-order valence-corrected chi connectivity index (χ3v) is 6.31. The first kappa shape index (κ1) is 20.2. The highest BCUT2D eigenvalue weighted by molar-refractivity contribution is 6.06. The Morgan fingerprint density at radius 1 is 1.10 bits per heavy atom. The minimum atomic E-state index is -0.292. The standard InChI is InChI=1S/C25H28FN3O2/c1-18(13-19-5-3-2-4-6-19)15-28-9-11-29(12-10-28)16-24-22-17-30-23-14-20(26)7-8-21(23)25(22)27-31-24/h2-8,13-14,22,24H,9-12,15-17H2,1H3/b18-13+. The van der Waals surface area contributed by atoms with Gasteiger partial charge < -0.3 is 9.57 Å². The van der Waals surface area contributed by atoms with Crippen LogP contribution in [-0.2, 0) is 4.84 Å². The van der Waals surface area contributed by atoms with Gasteiger partial charge in [0.2, 0.25) is 0 Å². The summed E-state index contributed by atoms with van der Waals surface area (Å²) in [5, 5.41) is 4.34. The van der Waals surface area contributed by atoms with Crippen LogP contribution in [0.15, 0.2) is 59.3 Å². The maximum absolute atomic E-state index is 13.5. The number of oxime groups is 1. The molecule has 0 spiro atoms. The van der Waals surface area contributed by atoms with E-state index in [1.165, 1.54) is 23.3 Å². The van der Waals surface area contributed by atoms with Crippen molar-refractivity contribution in [3.05, 3.63) is 71.0 Å². The smallest absolute Gasteiger partial charge is 0.151 e. The summed E-state index contributed by atoms with van der Waals surface area (Å²) in [6.45, 7) is 8.66. The monoisotopic (exact) mass is 421 g/mol. The van der Waals surface area contributed by atoms with E-state index in [-0.39, 0.29) is 17.8 Å². The number of rotatable bonds is 5. The van der Waals surface area contributed by atoms with Gasteiger partial charge in [-0.25, -0.2) is 4.39 Å². The van der Waals surface area contributed by atoms with Gasteiger partial charge in [0, 0.05) is 50.9 Å². The van der Waals surface area contributed by atoms with Crippen LogP contribution >= 0.6 is 0 Å². The van der Waals surface area contributed by atoms with Gasteiger partial charge in [-0.3, -0.25) is 9.80 Å². The van der Waals surface area contributed by atoms with Gasteiger partial charge in [-0.2, -0.15) is 0 Å². The number of nitrogens with zero attached hydrogens (tertiary/aromatic N) is 3. The molecule has 0 aliphatic carbocycles. The lowest BCUT2D eigenvalue weighted by atomic mass is 9.90. The fourth-order valence-corrected chi connectivity index (χ4v) is 4.66. The fraction of sp³-hybridized carbons (Fsp3) is 0.400. The molecule has 0 N–H and O–H groups in total. The van der Waals surface area contributed by atoms with Gasteiger partial charge in [-0.05, 0) is 24.6 Å². The lowest BCUT2D eigenvalue weighted by Gasteiger charge is -2.36. The van der Waals surface area contributed by atoms with Gasteiger partial charge in [0.25, 0.3) is 0 Å². The number of hydrogen-bond acceptors (Lipinski definition) is 5. The number of hydrogen-bond donors (Lipinski definition) is 0. The average molecular weight is 422 g/mol. The molecule has 2 aromatic rings. The zero-order chi connectivity index (χ0) is 21.2. The zero-order valence-electron chi connectivity index (χ0n) is 17.8. The maximum Gasteiger partial charge on any atom is 0.151 e. The van der Waals surface area contributed by atoms with Crippen molar-refractivity contribution in [2.75, 3.05) is 45.9 Å². The van der Waals surface area contributed by atoms with Crippen molar-refractivity contribution in [2.24, 2.45) is 11.1 Å². The van der Waals surface area contributed by atoms with Crippen LogP contribution in [-0.4, -0.2) is 67.5 Å². The number of piperazine rings is 1. The molecule has 3 heterocycles. The molecular formula is C25H28FN3O2. The predicted octanol–water partition coefficient (Wildman–Crippen LogP) is 3.66. The molecule has 2 unspecified atom stereocenters. The molecule has 162 valence electrons. The Labute approximate surface area is 182 Å². The van der Waals surface area contributed by atoms with Gasteiger partial charge in [-0.15, -0.1) is 0 Å². The molecule has 0 saturated carbocycles. The van der Waals surface area contributed by atoms with E-state index in [1.54, 1.807) is 6.07 Å². The Morgan fingerprint density at radius 3 is 2.68 bits per heavy atom. The number of fused-ring (bicyclic) bond motifs is 3. The van der Waals surface area contributed by atoms with Gasteiger partial charge in [0.05, 0.1) is 5.92 Å². The van der Waals surface area contributed by atoms with E-state index in [9.17, 15) is 4.39 Å². The molecule has 5 rings (SSSR count). The Balaban J connectivity index is 1.13. The van der Waals surface area contributed by atoms with Crippen molar-refractivity contribution >= 4 is 11.8 Å². The van der Waals surface area contributed by atoms with Crippen LogP contribution in [0.5, 0.6) is 5.75 Å². The van der Waals surface area contributed by atoms with Crippen molar-refractivity contribution < 1.29 is 14.0 Å². The molecule has 0 radical (unpaired) electrons. The van der Waals surface area contributed by atoms with E-state index in [0.717, 1.165) is 50.5 Å². The van der Waals surface area contributed by atoms with Crippen molar-refractivity contribution in [3.63, 3.8) is 0 Å². The lowest BCUT2D eigenvalue weighted by molar-refractivity contribution is 0.0101. The van der Waals surface area contributed by atoms with E-state index in [2.05, 4.69) is 52.2 Å². The Hall–Kier alpha value is -2.70. The van der Waals surface area contributed by atoms with Crippen molar-refractivity contribution in [1.29, 1.82) is 0 Å². The van der Waals surface area contributed by atoms with Crippen LogP contribution in [0, 0.1) is 11.7 Å². The third kappa shape index (κ3) is 4.50. The van der Waals surface area contributed by atoms with Crippen molar-refractivity contribution in [1.82, 2.24) is 9.80 Å².